The maximum atomic E-state index is 11.9. The molecule has 0 saturated carbocycles. The van der Waals surface area contributed by atoms with E-state index < -0.39 is 24.7 Å². The number of hydrogen-bond donors (Lipinski definition) is 1. The lowest BCUT2D eigenvalue weighted by atomic mass is 9.94. The summed E-state index contributed by atoms with van der Waals surface area (Å²) in [7, 11) is 0. The number of carboxylic acid groups (broad SMARTS) is 1. The van der Waals surface area contributed by atoms with Gasteiger partial charge < -0.3 is 9.84 Å². The summed E-state index contributed by atoms with van der Waals surface area (Å²) in [5.41, 5.74) is 1.67. The predicted molar refractivity (Wildman–Crippen MR) is 67.7 cm³/mol. The van der Waals surface area contributed by atoms with Crippen molar-refractivity contribution in [2.45, 2.75) is 31.9 Å². The van der Waals surface area contributed by atoms with Crippen LogP contribution in [0.3, 0.4) is 0 Å². The van der Waals surface area contributed by atoms with Crippen molar-refractivity contribution in [2.75, 3.05) is 13.2 Å². The van der Waals surface area contributed by atoms with Crippen LogP contribution in [0.1, 0.15) is 29.9 Å². The zero-order chi connectivity index (χ0) is 15.2. The molecule has 0 heterocycles. The lowest BCUT2D eigenvalue weighted by Gasteiger charge is -2.13. The van der Waals surface area contributed by atoms with Crippen LogP contribution in [0.5, 0.6) is 0 Å². The van der Waals surface area contributed by atoms with E-state index in [0.717, 1.165) is 5.56 Å². The first-order chi connectivity index (χ1) is 9.29. The quantitative estimate of drug-likeness (QED) is 0.781. The van der Waals surface area contributed by atoms with Crippen LogP contribution in [-0.4, -0.2) is 30.5 Å². The molecule has 0 bridgehead atoms. The molecular weight excluding hydrogens is 273 g/mol. The maximum absolute atomic E-state index is 11.9. The molecule has 112 valence electrons. The molecule has 0 aromatic heterocycles. The fourth-order valence-electron chi connectivity index (χ4n) is 1.81. The molecule has 3 nitrogen and oxygen atoms in total. The molecule has 1 atom stereocenters. The van der Waals surface area contributed by atoms with Crippen molar-refractivity contribution < 1.29 is 27.8 Å². The average molecular weight is 290 g/mol. The number of rotatable bonds is 7. The molecule has 6 heteroatoms. The smallest absolute Gasteiger partial charge is 0.411 e. The van der Waals surface area contributed by atoms with Crippen molar-refractivity contribution in [1.29, 1.82) is 0 Å². The van der Waals surface area contributed by atoms with E-state index in [1.807, 2.05) is 19.1 Å². The Kier molecular flexibility index (Phi) is 6.01. The zero-order valence-electron chi connectivity index (χ0n) is 11.1. The Balaban J connectivity index is 2.45. The van der Waals surface area contributed by atoms with Gasteiger partial charge in [-0.3, -0.25) is 4.79 Å². The van der Waals surface area contributed by atoms with Crippen LogP contribution < -0.4 is 0 Å². The highest BCUT2D eigenvalue weighted by molar-refractivity contribution is 5.76. The number of halogens is 3. The second kappa shape index (κ2) is 7.28. The molecule has 1 aromatic rings. The van der Waals surface area contributed by atoms with Crippen molar-refractivity contribution in [3.63, 3.8) is 0 Å². The van der Waals surface area contributed by atoms with Crippen LogP contribution in [0.2, 0.25) is 0 Å². The van der Waals surface area contributed by atoms with Gasteiger partial charge in [0.2, 0.25) is 0 Å². The lowest BCUT2D eigenvalue weighted by Crippen LogP contribution is -2.18. The normalized spacial score (nSPS) is 13.2. The Morgan fingerprint density at radius 1 is 1.30 bits per heavy atom. The number of aryl methyl sites for hydroxylation is 1. The number of hydrogen-bond acceptors (Lipinski definition) is 2. The third kappa shape index (κ3) is 6.06. The fraction of sp³-hybridized carbons (Fsp3) is 0.500. The number of ether oxygens (including phenoxy) is 1. The molecule has 1 aromatic carbocycles. The highest BCUT2D eigenvalue weighted by Gasteiger charge is 2.27. The van der Waals surface area contributed by atoms with E-state index in [9.17, 15) is 18.0 Å². The van der Waals surface area contributed by atoms with Gasteiger partial charge >= 0.3 is 12.1 Å². The van der Waals surface area contributed by atoms with Crippen LogP contribution in [-0.2, 0) is 9.53 Å². The van der Waals surface area contributed by atoms with Gasteiger partial charge in [0.15, 0.2) is 0 Å². The first-order valence-electron chi connectivity index (χ1n) is 6.23. The Hall–Kier alpha value is -1.56. The summed E-state index contributed by atoms with van der Waals surface area (Å²) < 4.78 is 40.0. The molecule has 0 aliphatic rings. The number of aliphatic carboxylic acids is 1. The third-order valence-corrected chi connectivity index (χ3v) is 2.83. The van der Waals surface area contributed by atoms with Crippen LogP contribution in [0.25, 0.3) is 0 Å². The number of benzene rings is 1. The van der Waals surface area contributed by atoms with E-state index in [2.05, 4.69) is 4.74 Å². The summed E-state index contributed by atoms with van der Waals surface area (Å²) in [6.07, 6.45) is -3.83. The minimum Gasteiger partial charge on any atom is -0.481 e. The first-order valence-corrected chi connectivity index (χ1v) is 6.23. The summed E-state index contributed by atoms with van der Waals surface area (Å²) in [6.45, 7) is 0.495. The highest BCUT2D eigenvalue weighted by atomic mass is 19.4. The highest BCUT2D eigenvalue weighted by Crippen LogP contribution is 2.22. The van der Waals surface area contributed by atoms with Gasteiger partial charge in [0.25, 0.3) is 0 Å². The molecular formula is C14H17F3O3. The monoisotopic (exact) mass is 290 g/mol. The minimum absolute atomic E-state index is 0.102. The van der Waals surface area contributed by atoms with Crippen molar-refractivity contribution in [3.05, 3.63) is 35.4 Å². The molecule has 0 aliphatic carbocycles. The molecule has 1 N–H and O–H groups in total. The topological polar surface area (TPSA) is 46.5 Å². The maximum Gasteiger partial charge on any atom is 0.411 e. The molecule has 0 radical (unpaired) electrons. The molecule has 1 rings (SSSR count). The van der Waals surface area contributed by atoms with Crippen molar-refractivity contribution in [3.8, 4) is 0 Å². The summed E-state index contributed by atoms with van der Waals surface area (Å²) in [5.74, 6) is -1.70. The van der Waals surface area contributed by atoms with Gasteiger partial charge in [-0.05, 0) is 25.3 Å². The van der Waals surface area contributed by atoms with E-state index >= 15 is 0 Å². The number of carbonyl (C=O) groups is 1. The molecule has 0 saturated heterocycles. The minimum atomic E-state index is -4.34. The van der Waals surface area contributed by atoms with Crippen molar-refractivity contribution in [2.24, 2.45) is 0 Å². The van der Waals surface area contributed by atoms with Gasteiger partial charge in [-0.25, -0.2) is 0 Å². The Morgan fingerprint density at radius 3 is 2.40 bits per heavy atom. The number of alkyl halides is 3. The van der Waals surface area contributed by atoms with Crippen molar-refractivity contribution in [1.82, 2.24) is 0 Å². The SMILES string of the molecule is Cc1ccc(C(CCCOCC(F)(F)F)C(=O)O)cc1. The molecule has 0 amide bonds. The molecule has 0 spiro atoms. The molecule has 0 fully saturated rings. The Bertz CT molecular complexity index is 426. The van der Waals surface area contributed by atoms with E-state index in [0.29, 0.717) is 5.56 Å². The third-order valence-electron chi connectivity index (χ3n) is 2.83. The Morgan fingerprint density at radius 2 is 1.90 bits per heavy atom. The second-order valence-corrected chi connectivity index (χ2v) is 4.61. The van der Waals surface area contributed by atoms with Gasteiger partial charge in [-0.15, -0.1) is 0 Å². The van der Waals surface area contributed by atoms with Crippen LogP contribution >= 0.6 is 0 Å². The Labute approximate surface area is 115 Å². The average Bonchev–Trinajstić information content (AvgIpc) is 2.33. The van der Waals surface area contributed by atoms with Gasteiger partial charge in [0, 0.05) is 6.61 Å². The largest absolute Gasteiger partial charge is 0.481 e. The summed E-state index contributed by atoms with van der Waals surface area (Å²) in [6, 6.07) is 7.08. The number of carboxylic acids is 1. The fourth-order valence-corrected chi connectivity index (χ4v) is 1.81. The van der Waals surface area contributed by atoms with Crippen LogP contribution in [0, 0.1) is 6.92 Å². The van der Waals surface area contributed by atoms with Crippen LogP contribution in [0.4, 0.5) is 13.2 Å². The molecule has 0 aliphatic heterocycles. The van der Waals surface area contributed by atoms with E-state index in [4.69, 9.17) is 5.11 Å². The van der Waals surface area contributed by atoms with Gasteiger partial charge in [0.05, 0.1) is 5.92 Å². The lowest BCUT2D eigenvalue weighted by molar-refractivity contribution is -0.174. The summed E-state index contributed by atoms with van der Waals surface area (Å²) >= 11 is 0. The van der Waals surface area contributed by atoms with E-state index in [-0.39, 0.29) is 19.4 Å². The zero-order valence-corrected chi connectivity index (χ0v) is 11.1. The van der Waals surface area contributed by atoms with Gasteiger partial charge in [0.1, 0.15) is 6.61 Å². The second-order valence-electron chi connectivity index (χ2n) is 4.61. The van der Waals surface area contributed by atoms with E-state index in [1.54, 1.807) is 12.1 Å². The van der Waals surface area contributed by atoms with E-state index in [1.165, 1.54) is 0 Å². The van der Waals surface area contributed by atoms with Gasteiger partial charge in [-0.2, -0.15) is 13.2 Å². The van der Waals surface area contributed by atoms with Crippen molar-refractivity contribution >= 4 is 5.97 Å². The summed E-state index contributed by atoms with van der Waals surface area (Å²) in [4.78, 5) is 11.2. The molecule has 1 unspecified atom stereocenters. The first kappa shape index (κ1) is 16.5. The summed E-state index contributed by atoms with van der Waals surface area (Å²) in [5, 5.41) is 9.16. The van der Waals surface area contributed by atoms with Crippen LogP contribution in [0.15, 0.2) is 24.3 Å². The molecule has 20 heavy (non-hydrogen) atoms. The standard InChI is InChI=1S/C14H17F3O3/c1-10-4-6-11(7-5-10)12(13(18)19)3-2-8-20-9-14(15,16)17/h4-7,12H,2-3,8-9H2,1H3,(H,18,19). The predicted octanol–water partition coefficient (Wildman–Crippen LogP) is 3.52. The van der Waals surface area contributed by atoms with Gasteiger partial charge in [-0.1, -0.05) is 29.8 Å².